The van der Waals surface area contributed by atoms with Crippen molar-refractivity contribution in [3.05, 3.63) is 35.6 Å². The fourth-order valence-electron chi connectivity index (χ4n) is 1.49. The Hall–Kier alpha value is -1.49. The Morgan fingerprint density at radius 3 is 2.35 bits per heavy atom. The molecule has 5 heteroatoms. The average Bonchev–Trinajstić information content (AvgIpc) is 2.46. The van der Waals surface area contributed by atoms with Crippen LogP contribution in [0.1, 0.15) is 19.4 Å². The molecule has 0 aliphatic carbocycles. The molecular formula is C15H19BrO4. The highest BCUT2D eigenvalue weighted by Crippen LogP contribution is 2.15. The van der Waals surface area contributed by atoms with Crippen LogP contribution in [0.3, 0.4) is 0 Å². The number of ether oxygens (including phenoxy) is 3. The number of benzene rings is 1. The summed E-state index contributed by atoms with van der Waals surface area (Å²) >= 11 is 3.30. The summed E-state index contributed by atoms with van der Waals surface area (Å²) in [7, 11) is 0. The topological polar surface area (TPSA) is 44.8 Å². The van der Waals surface area contributed by atoms with Crippen molar-refractivity contribution >= 4 is 28.0 Å². The first-order chi connectivity index (χ1) is 9.71. The number of carbonyl (C=O) groups is 1. The van der Waals surface area contributed by atoms with E-state index in [9.17, 15) is 4.79 Å². The third kappa shape index (κ3) is 5.65. The van der Waals surface area contributed by atoms with Crippen molar-refractivity contribution < 1.29 is 19.0 Å². The smallest absolute Gasteiger partial charge is 0.373 e. The fourth-order valence-corrected chi connectivity index (χ4v) is 1.65. The highest BCUT2D eigenvalue weighted by molar-refractivity contribution is 9.09. The summed E-state index contributed by atoms with van der Waals surface area (Å²) in [4.78, 5) is 11.7. The predicted octanol–water partition coefficient (Wildman–Crippen LogP) is 3.40. The molecule has 0 atom stereocenters. The van der Waals surface area contributed by atoms with Crippen molar-refractivity contribution in [2.75, 3.05) is 25.2 Å². The zero-order valence-corrected chi connectivity index (χ0v) is 13.3. The summed E-state index contributed by atoms with van der Waals surface area (Å²) in [6.45, 7) is 4.93. The third-order valence-corrected chi connectivity index (χ3v) is 2.62. The first-order valence-electron chi connectivity index (χ1n) is 6.51. The van der Waals surface area contributed by atoms with Crippen molar-refractivity contribution in [2.24, 2.45) is 0 Å². The maximum absolute atomic E-state index is 11.7. The minimum absolute atomic E-state index is 0.212. The van der Waals surface area contributed by atoms with Crippen LogP contribution in [0.5, 0.6) is 5.75 Å². The molecule has 4 nitrogen and oxygen atoms in total. The molecular weight excluding hydrogens is 324 g/mol. The zero-order chi connectivity index (χ0) is 14.8. The number of halogens is 1. The molecule has 0 N–H and O–H groups in total. The molecule has 1 aromatic carbocycles. The standard InChI is InChI=1S/C15H19BrO4/c1-3-18-14(15(17)19-4-2)11-12-5-7-13(8-6-12)20-10-9-16/h5-8,11H,3-4,9-10H2,1-2H3/b14-11-. The Kier molecular flexibility index (Phi) is 7.80. The Balaban J connectivity index is 2.79. The fraction of sp³-hybridized carbons (Fsp3) is 0.400. The van der Waals surface area contributed by atoms with Gasteiger partial charge in [0, 0.05) is 5.33 Å². The molecule has 0 fully saturated rings. The van der Waals surface area contributed by atoms with Gasteiger partial charge < -0.3 is 14.2 Å². The van der Waals surface area contributed by atoms with E-state index in [0.717, 1.165) is 16.6 Å². The van der Waals surface area contributed by atoms with Crippen LogP contribution in [-0.2, 0) is 14.3 Å². The summed E-state index contributed by atoms with van der Waals surface area (Å²) in [5.41, 5.74) is 0.854. The van der Waals surface area contributed by atoms with E-state index in [1.807, 2.05) is 31.2 Å². The van der Waals surface area contributed by atoms with Crippen molar-refractivity contribution in [1.29, 1.82) is 0 Å². The summed E-state index contributed by atoms with van der Waals surface area (Å²) < 4.78 is 15.7. The van der Waals surface area contributed by atoms with E-state index >= 15 is 0 Å². The van der Waals surface area contributed by atoms with Crippen LogP contribution in [0.4, 0.5) is 0 Å². The molecule has 20 heavy (non-hydrogen) atoms. The van der Waals surface area contributed by atoms with Gasteiger partial charge in [-0.3, -0.25) is 0 Å². The lowest BCUT2D eigenvalue weighted by Gasteiger charge is -2.08. The molecule has 0 saturated carbocycles. The molecule has 0 aromatic heterocycles. The van der Waals surface area contributed by atoms with E-state index in [-0.39, 0.29) is 5.76 Å². The monoisotopic (exact) mass is 342 g/mol. The predicted molar refractivity (Wildman–Crippen MR) is 82.0 cm³/mol. The van der Waals surface area contributed by atoms with Crippen LogP contribution in [0, 0.1) is 0 Å². The molecule has 0 aliphatic heterocycles. The largest absolute Gasteiger partial charge is 0.493 e. The third-order valence-electron chi connectivity index (χ3n) is 2.30. The van der Waals surface area contributed by atoms with Crippen LogP contribution in [0.2, 0.25) is 0 Å². The molecule has 1 aromatic rings. The zero-order valence-electron chi connectivity index (χ0n) is 11.7. The Morgan fingerprint density at radius 1 is 1.15 bits per heavy atom. The summed E-state index contributed by atoms with van der Waals surface area (Å²) in [6, 6.07) is 7.43. The molecule has 0 unspecified atom stereocenters. The van der Waals surface area contributed by atoms with Gasteiger partial charge in [0.2, 0.25) is 5.76 Å². The number of hydrogen-bond donors (Lipinski definition) is 0. The van der Waals surface area contributed by atoms with E-state index in [0.29, 0.717) is 19.8 Å². The van der Waals surface area contributed by atoms with Crippen LogP contribution in [0.25, 0.3) is 6.08 Å². The Labute approximate surface area is 127 Å². The van der Waals surface area contributed by atoms with Gasteiger partial charge in [-0.1, -0.05) is 28.1 Å². The van der Waals surface area contributed by atoms with E-state index in [1.165, 1.54) is 0 Å². The molecule has 0 bridgehead atoms. The van der Waals surface area contributed by atoms with Crippen LogP contribution in [0.15, 0.2) is 30.0 Å². The maximum Gasteiger partial charge on any atom is 0.373 e. The summed E-state index contributed by atoms with van der Waals surface area (Å²) in [6.07, 6.45) is 1.66. The molecule has 1 rings (SSSR count). The second-order valence-corrected chi connectivity index (χ2v) is 4.56. The number of hydrogen-bond acceptors (Lipinski definition) is 4. The van der Waals surface area contributed by atoms with Gasteiger partial charge in [0.05, 0.1) is 19.8 Å². The molecule has 110 valence electrons. The minimum Gasteiger partial charge on any atom is -0.493 e. The molecule has 0 heterocycles. The van der Waals surface area contributed by atoms with Gasteiger partial charge in [-0.05, 0) is 37.6 Å². The average molecular weight is 343 g/mol. The van der Waals surface area contributed by atoms with Crippen LogP contribution >= 0.6 is 15.9 Å². The second-order valence-electron chi connectivity index (χ2n) is 3.77. The lowest BCUT2D eigenvalue weighted by atomic mass is 10.2. The van der Waals surface area contributed by atoms with Crippen LogP contribution in [-0.4, -0.2) is 31.1 Å². The number of carbonyl (C=O) groups excluding carboxylic acids is 1. The molecule has 0 aliphatic rings. The molecule has 0 amide bonds. The van der Waals surface area contributed by atoms with Crippen molar-refractivity contribution in [2.45, 2.75) is 13.8 Å². The highest BCUT2D eigenvalue weighted by atomic mass is 79.9. The SMILES string of the molecule is CCOC(=O)/C(=C/c1ccc(OCCBr)cc1)OCC. The normalized spacial score (nSPS) is 11.1. The van der Waals surface area contributed by atoms with E-state index in [1.54, 1.807) is 13.0 Å². The van der Waals surface area contributed by atoms with Gasteiger partial charge in [-0.25, -0.2) is 4.79 Å². The van der Waals surface area contributed by atoms with Gasteiger partial charge in [0.1, 0.15) is 5.75 Å². The van der Waals surface area contributed by atoms with Crippen molar-refractivity contribution in [3.63, 3.8) is 0 Å². The number of alkyl halides is 1. The number of esters is 1. The Bertz CT molecular complexity index is 440. The van der Waals surface area contributed by atoms with Gasteiger partial charge in [0.15, 0.2) is 0 Å². The summed E-state index contributed by atoms with van der Waals surface area (Å²) in [5, 5.41) is 0.784. The van der Waals surface area contributed by atoms with Gasteiger partial charge in [0.25, 0.3) is 0 Å². The minimum atomic E-state index is -0.450. The first-order valence-corrected chi connectivity index (χ1v) is 7.63. The second kappa shape index (κ2) is 9.42. The maximum atomic E-state index is 11.7. The molecule has 0 spiro atoms. The molecule has 0 saturated heterocycles. The Morgan fingerprint density at radius 2 is 1.80 bits per heavy atom. The van der Waals surface area contributed by atoms with Gasteiger partial charge in [-0.2, -0.15) is 0 Å². The van der Waals surface area contributed by atoms with Gasteiger partial charge >= 0.3 is 5.97 Å². The van der Waals surface area contributed by atoms with E-state index in [2.05, 4.69) is 15.9 Å². The van der Waals surface area contributed by atoms with E-state index < -0.39 is 5.97 Å². The number of rotatable bonds is 8. The lowest BCUT2D eigenvalue weighted by Crippen LogP contribution is -2.10. The quantitative estimate of drug-likeness (QED) is 0.314. The van der Waals surface area contributed by atoms with Crippen LogP contribution < -0.4 is 4.74 Å². The van der Waals surface area contributed by atoms with E-state index in [4.69, 9.17) is 14.2 Å². The van der Waals surface area contributed by atoms with Gasteiger partial charge in [-0.15, -0.1) is 0 Å². The lowest BCUT2D eigenvalue weighted by molar-refractivity contribution is -0.142. The molecule has 0 radical (unpaired) electrons. The highest BCUT2D eigenvalue weighted by Gasteiger charge is 2.11. The van der Waals surface area contributed by atoms with Crippen molar-refractivity contribution in [1.82, 2.24) is 0 Å². The summed E-state index contributed by atoms with van der Waals surface area (Å²) in [5.74, 6) is 0.549. The van der Waals surface area contributed by atoms with Crippen molar-refractivity contribution in [3.8, 4) is 5.75 Å². The first kappa shape index (κ1) is 16.6.